The quantitative estimate of drug-likeness (QED) is 0.845. The number of nitrogens with zero attached hydrogens (tertiary/aromatic N) is 2. The Morgan fingerprint density at radius 1 is 1.35 bits per heavy atom. The van der Waals surface area contributed by atoms with E-state index in [1.54, 1.807) is 6.20 Å². The van der Waals surface area contributed by atoms with Crippen LogP contribution in [0.4, 0.5) is 11.8 Å². The lowest BCUT2D eigenvalue weighted by atomic mass is 9.98. The molecule has 0 aromatic carbocycles. The maximum atomic E-state index is 6.03. The van der Waals surface area contributed by atoms with Crippen molar-refractivity contribution in [3.05, 3.63) is 11.2 Å². The number of nitrogen functional groups attached to an aromatic ring is 1. The van der Waals surface area contributed by atoms with Crippen LogP contribution in [0.15, 0.2) is 6.20 Å². The highest BCUT2D eigenvalue weighted by molar-refractivity contribution is 6.32. The predicted octanol–water partition coefficient (Wildman–Crippen LogP) is 2.56. The van der Waals surface area contributed by atoms with Crippen molar-refractivity contribution in [2.75, 3.05) is 17.6 Å². The van der Waals surface area contributed by atoms with Crippen LogP contribution in [0.3, 0.4) is 0 Å². The molecule has 1 aromatic heterocycles. The first-order valence-electron chi connectivity index (χ1n) is 6.26. The van der Waals surface area contributed by atoms with E-state index in [0.717, 1.165) is 24.3 Å². The second-order valence-corrected chi connectivity index (χ2v) is 5.55. The number of nitrogens with one attached hydrogen (secondary N) is 1. The molecule has 0 radical (unpaired) electrons. The highest BCUT2D eigenvalue weighted by atomic mass is 35.5. The second kappa shape index (κ2) is 4.33. The zero-order valence-corrected chi connectivity index (χ0v) is 10.5. The van der Waals surface area contributed by atoms with E-state index in [4.69, 9.17) is 17.3 Å². The van der Waals surface area contributed by atoms with Gasteiger partial charge in [-0.05, 0) is 43.4 Å². The first-order valence-corrected chi connectivity index (χ1v) is 6.63. The number of rotatable bonds is 5. The van der Waals surface area contributed by atoms with E-state index in [0.29, 0.717) is 10.8 Å². The number of halogens is 1. The SMILES string of the molecule is Nc1ncc(Cl)c(NCC(C2CC2)C2CC2)n1. The van der Waals surface area contributed by atoms with Gasteiger partial charge >= 0.3 is 0 Å². The molecule has 2 fully saturated rings. The summed E-state index contributed by atoms with van der Waals surface area (Å²) in [5, 5.41) is 3.88. The van der Waals surface area contributed by atoms with Gasteiger partial charge in [0, 0.05) is 6.54 Å². The average molecular weight is 253 g/mol. The van der Waals surface area contributed by atoms with Gasteiger partial charge in [0.2, 0.25) is 5.95 Å². The maximum absolute atomic E-state index is 6.03. The van der Waals surface area contributed by atoms with Crippen molar-refractivity contribution < 1.29 is 0 Å². The lowest BCUT2D eigenvalue weighted by molar-refractivity contribution is 0.427. The van der Waals surface area contributed by atoms with Gasteiger partial charge in [0.25, 0.3) is 0 Å². The van der Waals surface area contributed by atoms with Crippen LogP contribution >= 0.6 is 11.6 Å². The number of aromatic nitrogens is 2. The number of anilines is 2. The average Bonchev–Trinajstić information content (AvgIpc) is 3.14. The predicted molar refractivity (Wildman–Crippen MR) is 68.9 cm³/mol. The molecule has 0 aliphatic heterocycles. The molecule has 1 aromatic rings. The fourth-order valence-corrected chi connectivity index (χ4v) is 2.64. The van der Waals surface area contributed by atoms with Crippen LogP contribution in [0.5, 0.6) is 0 Å². The van der Waals surface area contributed by atoms with E-state index in [9.17, 15) is 0 Å². The Kier molecular flexibility index (Phi) is 2.82. The Bertz CT molecular complexity index is 403. The van der Waals surface area contributed by atoms with Gasteiger partial charge in [-0.3, -0.25) is 0 Å². The van der Waals surface area contributed by atoms with Crippen LogP contribution in [0.2, 0.25) is 5.02 Å². The fraction of sp³-hybridized carbons (Fsp3) is 0.667. The third-order valence-electron chi connectivity index (χ3n) is 3.72. The molecular weight excluding hydrogens is 236 g/mol. The molecule has 5 heteroatoms. The first-order chi connectivity index (χ1) is 8.24. The van der Waals surface area contributed by atoms with Gasteiger partial charge in [0.15, 0.2) is 0 Å². The third-order valence-corrected chi connectivity index (χ3v) is 4.00. The number of nitrogens with two attached hydrogens (primary N) is 1. The van der Waals surface area contributed by atoms with E-state index in [-0.39, 0.29) is 5.95 Å². The molecule has 3 rings (SSSR count). The van der Waals surface area contributed by atoms with Crippen LogP contribution in [0, 0.1) is 17.8 Å². The minimum absolute atomic E-state index is 0.270. The van der Waals surface area contributed by atoms with Crippen LogP contribution < -0.4 is 11.1 Å². The molecule has 0 saturated heterocycles. The van der Waals surface area contributed by atoms with Crippen LogP contribution in [-0.2, 0) is 0 Å². The van der Waals surface area contributed by atoms with Gasteiger partial charge in [-0.2, -0.15) is 4.98 Å². The zero-order chi connectivity index (χ0) is 11.8. The minimum atomic E-state index is 0.270. The summed E-state index contributed by atoms with van der Waals surface area (Å²) in [6.07, 6.45) is 7.12. The van der Waals surface area contributed by atoms with Gasteiger partial charge in [-0.25, -0.2) is 4.98 Å². The monoisotopic (exact) mass is 252 g/mol. The fourth-order valence-electron chi connectivity index (χ4n) is 2.49. The minimum Gasteiger partial charge on any atom is -0.368 e. The second-order valence-electron chi connectivity index (χ2n) is 5.14. The number of hydrogen-bond donors (Lipinski definition) is 2. The lowest BCUT2D eigenvalue weighted by Crippen LogP contribution is -2.19. The molecule has 1 heterocycles. The van der Waals surface area contributed by atoms with Crippen molar-refractivity contribution in [1.82, 2.24) is 9.97 Å². The summed E-state index contributed by atoms with van der Waals surface area (Å²) in [6.45, 7) is 0.964. The smallest absolute Gasteiger partial charge is 0.222 e. The van der Waals surface area contributed by atoms with Crippen LogP contribution in [-0.4, -0.2) is 16.5 Å². The Labute approximate surface area is 106 Å². The summed E-state index contributed by atoms with van der Waals surface area (Å²) in [6, 6.07) is 0. The van der Waals surface area contributed by atoms with Crippen LogP contribution in [0.1, 0.15) is 25.7 Å². The normalized spacial score (nSPS) is 19.6. The van der Waals surface area contributed by atoms with Gasteiger partial charge in [0.1, 0.15) is 10.8 Å². The Morgan fingerprint density at radius 3 is 2.59 bits per heavy atom. The highest BCUT2D eigenvalue weighted by Gasteiger charge is 2.41. The Balaban J connectivity index is 1.63. The summed E-state index contributed by atoms with van der Waals surface area (Å²) < 4.78 is 0. The summed E-state index contributed by atoms with van der Waals surface area (Å²) in [7, 11) is 0. The van der Waals surface area contributed by atoms with E-state index in [2.05, 4.69) is 15.3 Å². The molecule has 3 N–H and O–H groups in total. The summed E-state index contributed by atoms with van der Waals surface area (Å²) >= 11 is 6.03. The molecule has 2 aliphatic carbocycles. The van der Waals surface area contributed by atoms with Crippen molar-refractivity contribution in [3.8, 4) is 0 Å². The largest absolute Gasteiger partial charge is 0.368 e. The first kappa shape index (κ1) is 11.1. The van der Waals surface area contributed by atoms with Gasteiger partial charge < -0.3 is 11.1 Å². The summed E-state index contributed by atoms with van der Waals surface area (Å²) in [5.74, 6) is 3.58. The summed E-state index contributed by atoms with van der Waals surface area (Å²) in [5.41, 5.74) is 5.56. The highest BCUT2D eigenvalue weighted by Crippen LogP contribution is 2.49. The molecule has 2 aliphatic rings. The van der Waals surface area contributed by atoms with Crippen molar-refractivity contribution in [1.29, 1.82) is 0 Å². The molecule has 0 amide bonds. The summed E-state index contributed by atoms with van der Waals surface area (Å²) in [4.78, 5) is 7.98. The number of hydrogen-bond acceptors (Lipinski definition) is 4. The topological polar surface area (TPSA) is 63.8 Å². The van der Waals surface area contributed by atoms with Gasteiger partial charge in [-0.1, -0.05) is 11.6 Å². The molecule has 0 atom stereocenters. The van der Waals surface area contributed by atoms with E-state index < -0.39 is 0 Å². The van der Waals surface area contributed by atoms with E-state index in [1.807, 2.05) is 0 Å². The molecule has 2 saturated carbocycles. The van der Waals surface area contributed by atoms with Gasteiger partial charge in [0.05, 0.1) is 6.20 Å². The Hall–Kier alpha value is -1.03. The molecular formula is C12H17ClN4. The molecule has 0 unspecified atom stereocenters. The lowest BCUT2D eigenvalue weighted by Gasteiger charge is -2.17. The van der Waals surface area contributed by atoms with Crippen molar-refractivity contribution in [3.63, 3.8) is 0 Å². The van der Waals surface area contributed by atoms with Crippen LogP contribution in [0.25, 0.3) is 0 Å². The zero-order valence-electron chi connectivity index (χ0n) is 9.69. The van der Waals surface area contributed by atoms with E-state index in [1.165, 1.54) is 25.7 Å². The van der Waals surface area contributed by atoms with Crippen molar-refractivity contribution in [2.45, 2.75) is 25.7 Å². The van der Waals surface area contributed by atoms with Crippen molar-refractivity contribution in [2.24, 2.45) is 17.8 Å². The standard InChI is InChI=1S/C12H17ClN4/c13-10-6-16-12(14)17-11(10)15-5-9(7-1-2-7)8-3-4-8/h6-9H,1-5H2,(H3,14,15,16,17). The van der Waals surface area contributed by atoms with Gasteiger partial charge in [-0.15, -0.1) is 0 Å². The van der Waals surface area contributed by atoms with Crippen molar-refractivity contribution >= 4 is 23.4 Å². The molecule has 0 bridgehead atoms. The molecule has 4 nitrogen and oxygen atoms in total. The maximum Gasteiger partial charge on any atom is 0.222 e. The Morgan fingerprint density at radius 2 is 2.00 bits per heavy atom. The molecule has 0 spiro atoms. The third kappa shape index (κ3) is 2.63. The molecule has 92 valence electrons. The van der Waals surface area contributed by atoms with E-state index >= 15 is 0 Å². The molecule has 17 heavy (non-hydrogen) atoms.